The molecule has 1 amide bonds. The molecule has 2 aliphatic rings. The van der Waals surface area contributed by atoms with Crippen molar-refractivity contribution in [2.24, 2.45) is 11.8 Å². The minimum absolute atomic E-state index is 0.0539. The van der Waals surface area contributed by atoms with E-state index in [-0.39, 0.29) is 11.8 Å². The van der Waals surface area contributed by atoms with Gasteiger partial charge in [-0.1, -0.05) is 6.92 Å². The molecule has 0 radical (unpaired) electrons. The first-order chi connectivity index (χ1) is 10.7. The molecule has 1 unspecified atom stereocenters. The van der Waals surface area contributed by atoms with Crippen LogP contribution >= 0.6 is 0 Å². The number of carbonyl (C=O) groups is 1. The summed E-state index contributed by atoms with van der Waals surface area (Å²) in [6, 6.07) is 3.97. The Morgan fingerprint density at radius 2 is 2.14 bits per heavy atom. The van der Waals surface area contributed by atoms with Crippen molar-refractivity contribution in [3.8, 4) is 0 Å². The smallest absolute Gasteiger partial charge is 0.228 e. The molecule has 2 saturated heterocycles. The Labute approximate surface area is 132 Å². The van der Waals surface area contributed by atoms with E-state index in [4.69, 9.17) is 4.74 Å². The van der Waals surface area contributed by atoms with Crippen LogP contribution in [-0.2, 0) is 9.53 Å². The first kappa shape index (κ1) is 15.3. The SMILES string of the molecule is CC1CCCN(c2ccc(NC(=O)C3CCOCC3)nc2)C1. The molecule has 1 N–H and O–H groups in total. The predicted octanol–water partition coefficient (Wildman–Crippen LogP) is 2.68. The van der Waals surface area contributed by atoms with Crippen molar-refractivity contribution in [1.82, 2.24) is 4.98 Å². The zero-order chi connectivity index (χ0) is 15.4. The average molecular weight is 303 g/mol. The maximum Gasteiger partial charge on any atom is 0.228 e. The highest BCUT2D eigenvalue weighted by Crippen LogP contribution is 2.23. The number of hydrogen-bond acceptors (Lipinski definition) is 4. The van der Waals surface area contributed by atoms with E-state index in [1.807, 2.05) is 12.3 Å². The summed E-state index contributed by atoms with van der Waals surface area (Å²) in [5.41, 5.74) is 1.15. The molecular formula is C17H25N3O2. The number of piperidine rings is 1. The Hall–Kier alpha value is -1.62. The fourth-order valence-electron chi connectivity index (χ4n) is 3.26. The molecule has 1 aromatic heterocycles. The van der Waals surface area contributed by atoms with Crippen molar-refractivity contribution in [2.45, 2.75) is 32.6 Å². The van der Waals surface area contributed by atoms with E-state index in [2.05, 4.69) is 28.2 Å². The molecule has 3 rings (SSSR count). The third kappa shape index (κ3) is 3.77. The van der Waals surface area contributed by atoms with Crippen LogP contribution in [-0.4, -0.2) is 37.2 Å². The summed E-state index contributed by atoms with van der Waals surface area (Å²) in [6.07, 6.45) is 6.02. The van der Waals surface area contributed by atoms with E-state index in [9.17, 15) is 4.79 Å². The van der Waals surface area contributed by atoms with Gasteiger partial charge >= 0.3 is 0 Å². The molecule has 0 spiro atoms. The Balaban J connectivity index is 1.58. The van der Waals surface area contributed by atoms with Gasteiger partial charge in [0.05, 0.1) is 11.9 Å². The first-order valence-corrected chi connectivity index (χ1v) is 8.32. The molecule has 0 saturated carbocycles. The molecule has 5 nitrogen and oxygen atoms in total. The number of rotatable bonds is 3. The lowest BCUT2D eigenvalue weighted by molar-refractivity contribution is -0.122. The topological polar surface area (TPSA) is 54.5 Å². The second-order valence-corrected chi connectivity index (χ2v) is 6.47. The summed E-state index contributed by atoms with van der Waals surface area (Å²) in [5, 5.41) is 2.93. The zero-order valence-electron chi connectivity index (χ0n) is 13.3. The number of nitrogens with zero attached hydrogens (tertiary/aromatic N) is 2. The maximum atomic E-state index is 12.2. The third-order valence-corrected chi connectivity index (χ3v) is 4.61. The normalized spacial score (nSPS) is 23.3. The molecule has 2 aliphatic heterocycles. The minimum Gasteiger partial charge on any atom is -0.381 e. The summed E-state index contributed by atoms with van der Waals surface area (Å²) in [7, 11) is 0. The van der Waals surface area contributed by atoms with Crippen molar-refractivity contribution >= 4 is 17.4 Å². The molecular weight excluding hydrogens is 278 g/mol. The number of pyridine rings is 1. The number of anilines is 2. The van der Waals surface area contributed by atoms with E-state index in [1.54, 1.807) is 0 Å². The van der Waals surface area contributed by atoms with Crippen LogP contribution in [0.25, 0.3) is 0 Å². The van der Waals surface area contributed by atoms with Gasteiger partial charge < -0.3 is 15.0 Å². The highest BCUT2D eigenvalue weighted by atomic mass is 16.5. The van der Waals surface area contributed by atoms with E-state index in [0.717, 1.165) is 37.5 Å². The van der Waals surface area contributed by atoms with Gasteiger partial charge in [0.25, 0.3) is 0 Å². The summed E-state index contributed by atoms with van der Waals surface area (Å²) >= 11 is 0. The summed E-state index contributed by atoms with van der Waals surface area (Å²) < 4.78 is 5.29. The van der Waals surface area contributed by atoms with Gasteiger partial charge in [-0.2, -0.15) is 0 Å². The van der Waals surface area contributed by atoms with Gasteiger partial charge in [0.2, 0.25) is 5.91 Å². The monoisotopic (exact) mass is 303 g/mol. The lowest BCUT2D eigenvalue weighted by Gasteiger charge is -2.32. The Kier molecular flexibility index (Phi) is 4.93. The van der Waals surface area contributed by atoms with Crippen molar-refractivity contribution in [1.29, 1.82) is 0 Å². The second kappa shape index (κ2) is 7.09. The standard InChI is InChI=1S/C17H25N3O2/c1-13-3-2-8-20(12-13)15-4-5-16(18-11-15)19-17(21)14-6-9-22-10-7-14/h4-5,11,13-14H,2-3,6-10,12H2,1H3,(H,18,19,21). The number of aromatic nitrogens is 1. The molecule has 5 heteroatoms. The van der Waals surface area contributed by atoms with Crippen molar-refractivity contribution in [2.75, 3.05) is 36.5 Å². The van der Waals surface area contributed by atoms with Gasteiger partial charge in [0.15, 0.2) is 0 Å². The van der Waals surface area contributed by atoms with Crippen LogP contribution in [0.15, 0.2) is 18.3 Å². The number of ether oxygens (including phenoxy) is 1. The molecule has 0 aliphatic carbocycles. The molecule has 2 fully saturated rings. The molecule has 120 valence electrons. The van der Waals surface area contributed by atoms with E-state index < -0.39 is 0 Å². The van der Waals surface area contributed by atoms with E-state index >= 15 is 0 Å². The van der Waals surface area contributed by atoms with Crippen LogP contribution < -0.4 is 10.2 Å². The molecule has 0 bridgehead atoms. The van der Waals surface area contributed by atoms with Gasteiger partial charge in [0.1, 0.15) is 5.82 Å². The zero-order valence-corrected chi connectivity index (χ0v) is 13.3. The van der Waals surface area contributed by atoms with Crippen LogP contribution in [0.1, 0.15) is 32.6 Å². The average Bonchev–Trinajstić information content (AvgIpc) is 2.56. The van der Waals surface area contributed by atoms with E-state index in [0.29, 0.717) is 19.0 Å². The molecule has 1 aromatic rings. The van der Waals surface area contributed by atoms with E-state index in [1.165, 1.54) is 12.8 Å². The fourth-order valence-corrected chi connectivity index (χ4v) is 3.26. The number of amides is 1. The lowest BCUT2D eigenvalue weighted by atomic mass is 9.99. The number of hydrogen-bond donors (Lipinski definition) is 1. The Bertz CT molecular complexity index is 497. The van der Waals surface area contributed by atoms with Crippen LogP contribution in [0.3, 0.4) is 0 Å². The largest absolute Gasteiger partial charge is 0.381 e. The number of carbonyl (C=O) groups excluding carboxylic acids is 1. The maximum absolute atomic E-state index is 12.2. The van der Waals surface area contributed by atoms with Crippen molar-refractivity contribution in [3.05, 3.63) is 18.3 Å². The van der Waals surface area contributed by atoms with Gasteiger partial charge in [-0.3, -0.25) is 4.79 Å². The second-order valence-electron chi connectivity index (χ2n) is 6.47. The minimum atomic E-state index is 0.0539. The van der Waals surface area contributed by atoms with Gasteiger partial charge in [-0.15, -0.1) is 0 Å². The summed E-state index contributed by atoms with van der Waals surface area (Å²) in [5.74, 6) is 1.50. The molecule has 22 heavy (non-hydrogen) atoms. The molecule has 0 aromatic carbocycles. The third-order valence-electron chi connectivity index (χ3n) is 4.61. The number of nitrogens with one attached hydrogen (secondary N) is 1. The van der Waals surface area contributed by atoms with Crippen LogP contribution in [0.4, 0.5) is 11.5 Å². The lowest BCUT2D eigenvalue weighted by Crippen LogP contribution is -2.34. The van der Waals surface area contributed by atoms with Crippen LogP contribution in [0, 0.1) is 11.8 Å². The molecule has 3 heterocycles. The van der Waals surface area contributed by atoms with Crippen LogP contribution in [0.2, 0.25) is 0 Å². The van der Waals surface area contributed by atoms with Gasteiger partial charge in [-0.05, 0) is 43.7 Å². The molecule has 1 atom stereocenters. The van der Waals surface area contributed by atoms with Crippen molar-refractivity contribution < 1.29 is 9.53 Å². The van der Waals surface area contributed by atoms with Crippen molar-refractivity contribution in [3.63, 3.8) is 0 Å². The van der Waals surface area contributed by atoms with Gasteiger partial charge in [0, 0.05) is 32.2 Å². The Morgan fingerprint density at radius 1 is 1.32 bits per heavy atom. The summed E-state index contributed by atoms with van der Waals surface area (Å²) in [4.78, 5) is 19.0. The Morgan fingerprint density at radius 3 is 2.82 bits per heavy atom. The first-order valence-electron chi connectivity index (χ1n) is 8.32. The predicted molar refractivity (Wildman–Crippen MR) is 87.0 cm³/mol. The highest BCUT2D eigenvalue weighted by molar-refractivity contribution is 5.91. The van der Waals surface area contributed by atoms with Gasteiger partial charge in [-0.25, -0.2) is 4.98 Å². The highest BCUT2D eigenvalue weighted by Gasteiger charge is 2.22. The van der Waals surface area contributed by atoms with Crippen LogP contribution in [0.5, 0.6) is 0 Å². The quantitative estimate of drug-likeness (QED) is 0.933. The fraction of sp³-hybridized carbons (Fsp3) is 0.647. The summed E-state index contributed by atoms with van der Waals surface area (Å²) in [6.45, 7) is 5.84.